The summed E-state index contributed by atoms with van der Waals surface area (Å²) in [5.74, 6) is -0.976. The van der Waals surface area contributed by atoms with Gasteiger partial charge in [-0.05, 0) is 13.8 Å². The number of ether oxygens (including phenoxy) is 1. The lowest BCUT2D eigenvalue weighted by molar-refractivity contribution is 0.0487. The summed E-state index contributed by atoms with van der Waals surface area (Å²) in [4.78, 5) is 25.9. The van der Waals surface area contributed by atoms with E-state index in [0.717, 1.165) is 0 Å². The highest BCUT2D eigenvalue weighted by Crippen LogP contribution is 2.11. The van der Waals surface area contributed by atoms with Gasteiger partial charge in [0.25, 0.3) is 5.89 Å². The molecule has 0 saturated carbocycles. The number of hydrogen-bond acceptors (Lipinski definition) is 5. The van der Waals surface area contributed by atoms with Crippen LogP contribution in [0.5, 0.6) is 0 Å². The molecule has 0 aliphatic carbocycles. The molecule has 0 aliphatic heterocycles. The van der Waals surface area contributed by atoms with E-state index >= 15 is 0 Å². The highest BCUT2D eigenvalue weighted by atomic mass is 16.5. The summed E-state index contributed by atoms with van der Waals surface area (Å²) in [6.07, 6.45) is 0. The van der Waals surface area contributed by atoms with Crippen molar-refractivity contribution in [2.75, 3.05) is 6.61 Å². The monoisotopic (exact) mass is 197 g/mol. The molecule has 0 amide bonds. The molecule has 5 heteroatoms. The van der Waals surface area contributed by atoms with Gasteiger partial charge in [0, 0.05) is 6.92 Å². The van der Waals surface area contributed by atoms with E-state index in [0.29, 0.717) is 5.69 Å². The van der Waals surface area contributed by atoms with Crippen LogP contribution in [0.2, 0.25) is 0 Å². The van der Waals surface area contributed by atoms with Crippen LogP contribution in [0.25, 0.3) is 0 Å². The minimum absolute atomic E-state index is 0.00273. The Labute approximate surface area is 81.1 Å². The van der Waals surface area contributed by atoms with E-state index in [1.54, 1.807) is 13.8 Å². The number of aryl methyl sites for hydroxylation is 1. The SMILES string of the molecule is CCOC(=O)c1oc(C(C)=O)nc1C. The first kappa shape index (κ1) is 10.4. The highest BCUT2D eigenvalue weighted by Gasteiger charge is 2.19. The first-order valence-corrected chi connectivity index (χ1v) is 4.21. The van der Waals surface area contributed by atoms with E-state index in [1.807, 2.05) is 0 Å². The van der Waals surface area contributed by atoms with E-state index in [9.17, 15) is 9.59 Å². The molecule has 0 fully saturated rings. The van der Waals surface area contributed by atoms with Crippen molar-refractivity contribution in [3.8, 4) is 0 Å². The average Bonchev–Trinajstić information content (AvgIpc) is 2.48. The van der Waals surface area contributed by atoms with Crippen molar-refractivity contribution >= 4 is 11.8 Å². The number of carbonyl (C=O) groups is 2. The molecule has 1 heterocycles. The van der Waals surface area contributed by atoms with Crippen molar-refractivity contribution in [1.82, 2.24) is 4.98 Å². The maximum Gasteiger partial charge on any atom is 0.376 e. The zero-order chi connectivity index (χ0) is 10.7. The first-order chi connectivity index (χ1) is 6.56. The molecular weight excluding hydrogens is 186 g/mol. The van der Waals surface area contributed by atoms with Gasteiger partial charge in [-0.2, -0.15) is 0 Å². The maximum atomic E-state index is 11.2. The van der Waals surface area contributed by atoms with Gasteiger partial charge < -0.3 is 9.15 Å². The molecule has 1 rings (SSSR count). The lowest BCUT2D eigenvalue weighted by Crippen LogP contribution is -2.04. The Bertz CT molecular complexity index is 367. The van der Waals surface area contributed by atoms with Crippen LogP contribution in [-0.4, -0.2) is 23.3 Å². The third-order valence-electron chi connectivity index (χ3n) is 1.56. The molecule has 0 radical (unpaired) electrons. The summed E-state index contributed by atoms with van der Waals surface area (Å²) >= 11 is 0. The van der Waals surface area contributed by atoms with Gasteiger partial charge in [-0.25, -0.2) is 9.78 Å². The van der Waals surface area contributed by atoms with Crippen LogP contribution in [0.15, 0.2) is 4.42 Å². The van der Waals surface area contributed by atoms with Crippen LogP contribution < -0.4 is 0 Å². The maximum absolute atomic E-state index is 11.2. The molecule has 0 spiro atoms. The van der Waals surface area contributed by atoms with Crippen molar-refractivity contribution in [1.29, 1.82) is 0 Å². The summed E-state index contributed by atoms with van der Waals surface area (Å²) in [5.41, 5.74) is 0.369. The first-order valence-electron chi connectivity index (χ1n) is 4.21. The molecule has 0 unspecified atom stereocenters. The molecule has 0 bridgehead atoms. The Balaban J connectivity index is 2.98. The fourth-order valence-electron chi connectivity index (χ4n) is 0.933. The van der Waals surface area contributed by atoms with Crippen molar-refractivity contribution in [2.24, 2.45) is 0 Å². The lowest BCUT2D eigenvalue weighted by atomic mass is 10.4. The summed E-state index contributed by atoms with van der Waals surface area (Å²) in [6.45, 7) is 4.85. The van der Waals surface area contributed by atoms with E-state index in [4.69, 9.17) is 9.15 Å². The van der Waals surface area contributed by atoms with Gasteiger partial charge in [0.05, 0.1) is 12.3 Å². The third-order valence-corrected chi connectivity index (χ3v) is 1.56. The van der Waals surface area contributed by atoms with Crippen LogP contribution in [0.4, 0.5) is 0 Å². The molecule has 14 heavy (non-hydrogen) atoms. The van der Waals surface area contributed by atoms with Gasteiger partial charge in [0.1, 0.15) is 0 Å². The number of rotatable bonds is 3. The third kappa shape index (κ3) is 1.99. The minimum atomic E-state index is -0.593. The fourth-order valence-corrected chi connectivity index (χ4v) is 0.933. The summed E-state index contributed by atoms with van der Waals surface area (Å²) in [7, 11) is 0. The van der Waals surface area contributed by atoms with Crippen LogP contribution in [0.3, 0.4) is 0 Å². The molecule has 0 N–H and O–H groups in total. The van der Waals surface area contributed by atoms with Crippen LogP contribution in [0.1, 0.15) is 40.8 Å². The van der Waals surface area contributed by atoms with Crippen LogP contribution in [-0.2, 0) is 4.74 Å². The predicted octanol–water partition coefficient (Wildman–Crippen LogP) is 1.36. The quantitative estimate of drug-likeness (QED) is 0.540. The number of ketones is 1. The Kier molecular flexibility index (Phi) is 3.01. The Morgan fingerprint density at radius 2 is 2.14 bits per heavy atom. The Morgan fingerprint density at radius 3 is 2.57 bits per heavy atom. The molecule has 0 saturated heterocycles. The second kappa shape index (κ2) is 4.04. The number of esters is 1. The van der Waals surface area contributed by atoms with Crippen molar-refractivity contribution in [3.05, 3.63) is 17.3 Å². The van der Waals surface area contributed by atoms with Crippen LogP contribution in [0, 0.1) is 6.92 Å². The highest BCUT2D eigenvalue weighted by molar-refractivity contribution is 5.92. The standard InChI is InChI=1S/C9H11NO4/c1-4-13-9(12)7-5(2)10-8(14-7)6(3)11/h4H2,1-3H3. The van der Waals surface area contributed by atoms with E-state index in [2.05, 4.69) is 4.98 Å². The molecule has 0 atom stereocenters. The van der Waals surface area contributed by atoms with E-state index < -0.39 is 5.97 Å². The summed E-state index contributed by atoms with van der Waals surface area (Å²) in [5, 5.41) is 0. The van der Waals surface area contributed by atoms with E-state index in [-0.39, 0.29) is 24.0 Å². The largest absolute Gasteiger partial charge is 0.460 e. The van der Waals surface area contributed by atoms with Gasteiger partial charge >= 0.3 is 5.97 Å². The summed E-state index contributed by atoms with van der Waals surface area (Å²) in [6, 6.07) is 0. The number of oxazole rings is 1. The van der Waals surface area contributed by atoms with Crippen molar-refractivity contribution < 1.29 is 18.7 Å². The molecule has 1 aromatic heterocycles. The Morgan fingerprint density at radius 1 is 1.50 bits per heavy atom. The van der Waals surface area contributed by atoms with Gasteiger partial charge in [0.15, 0.2) is 0 Å². The van der Waals surface area contributed by atoms with Crippen LogP contribution >= 0.6 is 0 Å². The van der Waals surface area contributed by atoms with Gasteiger partial charge in [-0.3, -0.25) is 4.79 Å². The van der Waals surface area contributed by atoms with Gasteiger partial charge in [-0.15, -0.1) is 0 Å². The van der Waals surface area contributed by atoms with Crippen molar-refractivity contribution in [2.45, 2.75) is 20.8 Å². The smallest absolute Gasteiger partial charge is 0.376 e. The number of nitrogens with zero attached hydrogens (tertiary/aromatic N) is 1. The zero-order valence-corrected chi connectivity index (χ0v) is 8.29. The molecule has 0 aliphatic rings. The number of aromatic nitrogens is 1. The second-order valence-corrected chi connectivity index (χ2v) is 2.71. The van der Waals surface area contributed by atoms with Gasteiger partial charge in [0.2, 0.25) is 11.5 Å². The minimum Gasteiger partial charge on any atom is -0.460 e. The summed E-state index contributed by atoms with van der Waals surface area (Å²) < 4.78 is 9.67. The molecular formula is C9H11NO4. The zero-order valence-electron chi connectivity index (χ0n) is 8.29. The van der Waals surface area contributed by atoms with Crippen molar-refractivity contribution in [3.63, 3.8) is 0 Å². The van der Waals surface area contributed by atoms with E-state index in [1.165, 1.54) is 6.92 Å². The normalized spacial score (nSPS) is 9.93. The number of Topliss-reactive ketones (excluding diaryl/α,β-unsaturated/α-hetero) is 1. The van der Waals surface area contributed by atoms with Gasteiger partial charge in [-0.1, -0.05) is 0 Å². The fraction of sp³-hybridized carbons (Fsp3) is 0.444. The predicted molar refractivity (Wildman–Crippen MR) is 47.2 cm³/mol. The number of hydrogen-bond donors (Lipinski definition) is 0. The Hall–Kier alpha value is -1.65. The lowest BCUT2D eigenvalue weighted by Gasteiger charge is -1.96. The molecule has 76 valence electrons. The second-order valence-electron chi connectivity index (χ2n) is 2.71. The molecule has 1 aromatic rings. The number of carbonyl (C=O) groups excluding carboxylic acids is 2. The molecule has 5 nitrogen and oxygen atoms in total. The topological polar surface area (TPSA) is 69.4 Å². The average molecular weight is 197 g/mol. The molecule has 0 aromatic carbocycles.